The lowest BCUT2D eigenvalue weighted by Gasteiger charge is -2.07. The van der Waals surface area contributed by atoms with Crippen molar-refractivity contribution in [1.82, 2.24) is 0 Å². The first-order valence-electron chi connectivity index (χ1n) is 4.67. The molecule has 0 aromatic heterocycles. The van der Waals surface area contributed by atoms with E-state index in [1.54, 1.807) is 12.1 Å². The van der Waals surface area contributed by atoms with Gasteiger partial charge in [-0.2, -0.15) is 8.78 Å². The maximum atomic E-state index is 11.9. The van der Waals surface area contributed by atoms with E-state index in [0.717, 1.165) is 24.0 Å². The monoisotopic (exact) mass is 200 g/mol. The van der Waals surface area contributed by atoms with Gasteiger partial charge in [-0.3, -0.25) is 0 Å². The zero-order valence-electron chi connectivity index (χ0n) is 8.39. The highest BCUT2D eigenvalue weighted by Crippen LogP contribution is 2.19. The first-order chi connectivity index (χ1) is 6.61. The molecule has 14 heavy (non-hydrogen) atoms. The Balaban J connectivity index is 2.83. The van der Waals surface area contributed by atoms with Crippen LogP contribution in [0, 0.1) is 6.92 Å². The largest absolute Gasteiger partial charge is 0.435 e. The molecule has 0 aliphatic carbocycles. The summed E-state index contributed by atoms with van der Waals surface area (Å²) in [4.78, 5) is 0. The number of hydrogen-bond donors (Lipinski definition) is 0. The fourth-order valence-electron chi connectivity index (χ4n) is 1.43. The number of benzene rings is 1. The Hall–Kier alpha value is -1.12. The summed E-state index contributed by atoms with van der Waals surface area (Å²) in [6, 6.07) is 5.27. The van der Waals surface area contributed by atoms with Crippen LogP contribution in [0.15, 0.2) is 18.2 Å². The second-order valence-corrected chi connectivity index (χ2v) is 3.28. The Morgan fingerprint density at radius 1 is 1.29 bits per heavy atom. The van der Waals surface area contributed by atoms with Gasteiger partial charge >= 0.3 is 6.61 Å². The molecule has 0 heterocycles. The van der Waals surface area contributed by atoms with E-state index in [1.807, 2.05) is 13.0 Å². The van der Waals surface area contributed by atoms with Crippen LogP contribution in [0.3, 0.4) is 0 Å². The van der Waals surface area contributed by atoms with Crippen LogP contribution in [0.4, 0.5) is 8.78 Å². The Bertz CT molecular complexity index is 297. The highest BCUT2D eigenvalue weighted by atomic mass is 19.3. The van der Waals surface area contributed by atoms with Crippen molar-refractivity contribution >= 4 is 0 Å². The van der Waals surface area contributed by atoms with Gasteiger partial charge in [-0.25, -0.2) is 0 Å². The van der Waals surface area contributed by atoms with E-state index in [1.165, 1.54) is 0 Å². The van der Waals surface area contributed by atoms with E-state index in [-0.39, 0.29) is 5.75 Å². The van der Waals surface area contributed by atoms with Crippen LogP contribution in [0.1, 0.15) is 24.5 Å². The Kier molecular flexibility index (Phi) is 3.86. The minimum atomic E-state index is -2.74. The molecule has 3 heteroatoms. The van der Waals surface area contributed by atoms with Crippen LogP contribution < -0.4 is 4.74 Å². The number of ether oxygens (including phenoxy) is 1. The van der Waals surface area contributed by atoms with Gasteiger partial charge in [-0.05, 0) is 36.6 Å². The van der Waals surface area contributed by atoms with Crippen molar-refractivity contribution in [1.29, 1.82) is 0 Å². The van der Waals surface area contributed by atoms with E-state index in [2.05, 4.69) is 11.7 Å². The van der Waals surface area contributed by atoms with Gasteiger partial charge < -0.3 is 4.74 Å². The van der Waals surface area contributed by atoms with E-state index >= 15 is 0 Å². The minimum absolute atomic E-state index is 0.253. The zero-order valence-corrected chi connectivity index (χ0v) is 8.39. The molecule has 0 bridgehead atoms. The van der Waals surface area contributed by atoms with Crippen molar-refractivity contribution in [3.63, 3.8) is 0 Å². The van der Waals surface area contributed by atoms with Crippen molar-refractivity contribution in [2.24, 2.45) is 0 Å². The Labute approximate surface area is 82.7 Å². The molecule has 0 unspecified atom stereocenters. The van der Waals surface area contributed by atoms with Gasteiger partial charge in [0, 0.05) is 0 Å². The van der Waals surface area contributed by atoms with Crippen LogP contribution in [0.5, 0.6) is 5.75 Å². The Morgan fingerprint density at radius 3 is 2.57 bits per heavy atom. The summed E-state index contributed by atoms with van der Waals surface area (Å²) in [6.45, 7) is 1.18. The lowest BCUT2D eigenvalue weighted by Crippen LogP contribution is -2.02. The molecule has 0 aliphatic heterocycles. The molecule has 0 atom stereocenters. The van der Waals surface area contributed by atoms with Gasteiger partial charge in [-0.1, -0.05) is 19.4 Å². The maximum Gasteiger partial charge on any atom is 0.387 e. The second-order valence-electron chi connectivity index (χ2n) is 3.28. The number of rotatable bonds is 4. The molecular formula is C11H14F2O. The predicted octanol–water partition coefficient (Wildman–Crippen LogP) is 3.55. The molecular weight excluding hydrogens is 186 g/mol. The maximum absolute atomic E-state index is 11.9. The fourth-order valence-corrected chi connectivity index (χ4v) is 1.43. The summed E-state index contributed by atoms with van der Waals surface area (Å²) in [5, 5.41) is 0. The van der Waals surface area contributed by atoms with Crippen molar-refractivity contribution in [2.45, 2.75) is 33.3 Å². The van der Waals surface area contributed by atoms with Crippen molar-refractivity contribution < 1.29 is 13.5 Å². The first-order valence-corrected chi connectivity index (χ1v) is 4.67. The summed E-state index contributed by atoms with van der Waals surface area (Å²) in [5.41, 5.74) is 2.00. The highest BCUT2D eigenvalue weighted by molar-refractivity contribution is 5.33. The van der Waals surface area contributed by atoms with E-state index in [4.69, 9.17) is 0 Å². The molecule has 0 amide bonds. The molecule has 1 aromatic carbocycles. The van der Waals surface area contributed by atoms with Crippen LogP contribution >= 0.6 is 0 Å². The molecule has 78 valence electrons. The summed E-state index contributed by atoms with van der Waals surface area (Å²) in [6.07, 6.45) is 1.89. The molecule has 0 N–H and O–H groups in total. The summed E-state index contributed by atoms with van der Waals surface area (Å²) < 4.78 is 28.2. The van der Waals surface area contributed by atoms with Gasteiger partial charge in [0.15, 0.2) is 0 Å². The van der Waals surface area contributed by atoms with Crippen molar-refractivity contribution in [3.8, 4) is 5.75 Å². The van der Waals surface area contributed by atoms with Gasteiger partial charge in [0.25, 0.3) is 0 Å². The number of hydrogen-bond acceptors (Lipinski definition) is 1. The molecule has 1 nitrogen and oxygen atoms in total. The molecule has 0 saturated heterocycles. The number of halogens is 2. The van der Waals surface area contributed by atoms with Crippen LogP contribution in [0.2, 0.25) is 0 Å². The van der Waals surface area contributed by atoms with Crippen molar-refractivity contribution in [2.75, 3.05) is 0 Å². The quantitative estimate of drug-likeness (QED) is 0.722. The summed E-state index contributed by atoms with van der Waals surface area (Å²) >= 11 is 0. The lowest BCUT2D eigenvalue weighted by molar-refractivity contribution is -0.0499. The molecule has 0 aliphatic rings. The van der Waals surface area contributed by atoms with Gasteiger partial charge in [0.1, 0.15) is 5.75 Å². The normalized spacial score (nSPS) is 10.6. The number of aryl methyl sites for hydroxylation is 2. The second kappa shape index (κ2) is 4.94. The molecule has 0 fully saturated rings. The first kappa shape index (κ1) is 11.0. The third kappa shape index (κ3) is 3.32. The smallest absolute Gasteiger partial charge is 0.387 e. The molecule has 0 spiro atoms. The van der Waals surface area contributed by atoms with E-state index in [9.17, 15) is 8.78 Å². The highest BCUT2D eigenvalue weighted by Gasteiger charge is 2.05. The average Bonchev–Trinajstić information content (AvgIpc) is 2.01. The average molecular weight is 200 g/mol. The molecule has 0 radical (unpaired) electrons. The van der Waals surface area contributed by atoms with E-state index in [0.29, 0.717) is 0 Å². The van der Waals surface area contributed by atoms with Gasteiger partial charge in [-0.15, -0.1) is 0 Å². The zero-order chi connectivity index (χ0) is 10.6. The standard InChI is InChI=1S/C11H14F2O/c1-3-4-9-5-8(2)6-10(7-9)14-11(12)13/h5-7,11H,3-4H2,1-2H3. The van der Waals surface area contributed by atoms with E-state index < -0.39 is 6.61 Å². The third-order valence-corrected chi connectivity index (χ3v) is 1.87. The molecule has 1 rings (SSSR count). The van der Waals surface area contributed by atoms with Crippen LogP contribution in [-0.4, -0.2) is 6.61 Å². The third-order valence-electron chi connectivity index (χ3n) is 1.87. The minimum Gasteiger partial charge on any atom is -0.435 e. The topological polar surface area (TPSA) is 9.23 Å². The number of alkyl halides is 2. The lowest BCUT2D eigenvalue weighted by atomic mass is 10.1. The SMILES string of the molecule is CCCc1cc(C)cc(OC(F)F)c1. The van der Waals surface area contributed by atoms with Crippen molar-refractivity contribution in [3.05, 3.63) is 29.3 Å². The fraction of sp³-hybridized carbons (Fsp3) is 0.455. The Morgan fingerprint density at radius 2 is 2.00 bits per heavy atom. The predicted molar refractivity (Wildman–Crippen MR) is 51.8 cm³/mol. The van der Waals surface area contributed by atoms with Crippen LogP contribution in [-0.2, 0) is 6.42 Å². The van der Waals surface area contributed by atoms with Gasteiger partial charge in [0.05, 0.1) is 0 Å². The molecule has 0 saturated carbocycles. The molecule has 1 aromatic rings. The van der Waals surface area contributed by atoms with Crippen LogP contribution in [0.25, 0.3) is 0 Å². The van der Waals surface area contributed by atoms with Gasteiger partial charge in [0.2, 0.25) is 0 Å². The summed E-state index contributed by atoms with van der Waals surface area (Å²) in [5.74, 6) is 0.253. The summed E-state index contributed by atoms with van der Waals surface area (Å²) in [7, 11) is 0.